The average Bonchev–Trinajstić information content (AvgIpc) is 2.69. The van der Waals surface area contributed by atoms with Crippen molar-refractivity contribution < 1.29 is 19.5 Å². The molecule has 0 aromatic heterocycles. The van der Waals surface area contributed by atoms with Crippen molar-refractivity contribution in [3.63, 3.8) is 0 Å². The van der Waals surface area contributed by atoms with Gasteiger partial charge in [-0.05, 0) is 29.7 Å². The summed E-state index contributed by atoms with van der Waals surface area (Å²) in [4.78, 5) is 40.6. The van der Waals surface area contributed by atoms with E-state index in [1.54, 1.807) is 23.1 Å². The number of fused-ring (bicyclic) bond motifs is 1. The summed E-state index contributed by atoms with van der Waals surface area (Å²) in [5.41, 5.74) is 0.487. The number of allylic oxidation sites excluding steroid dienone is 1. The molecular formula is C22H24N2O4. The highest BCUT2D eigenvalue weighted by atomic mass is 16.4. The van der Waals surface area contributed by atoms with Gasteiger partial charge in [0.15, 0.2) is 0 Å². The quantitative estimate of drug-likeness (QED) is 0.592. The zero-order chi connectivity index (χ0) is 20.1. The van der Waals surface area contributed by atoms with E-state index in [-0.39, 0.29) is 11.8 Å². The third-order valence-electron chi connectivity index (χ3n) is 5.07. The molecular weight excluding hydrogens is 356 g/mol. The molecule has 6 nitrogen and oxygen atoms in total. The normalized spacial score (nSPS) is 17.0. The number of aliphatic carboxylic acids is 1. The lowest BCUT2D eigenvalue weighted by atomic mass is 10.0. The summed E-state index contributed by atoms with van der Waals surface area (Å²) in [7, 11) is 0. The molecule has 0 spiro atoms. The molecule has 28 heavy (non-hydrogen) atoms. The van der Waals surface area contributed by atoms with Gasteiger partial charge in [-0.15, -0.1) is 6.58 Å². The maximum Gasteiger partial charge on any atom is 0.305 e. The van der Waals surface area contributed by atoms with Crippen LogP contribution in [0.1, 0.15) is 29.6 Å². The number of carbonyl (C=O) groups excluding carboxylic acids is 2. The lowest BCUT2D eigenvalue weighted by molar-refractivity contribution is -0.147. The van der Waals surface area contributed by atoms with Crippen LogP contribution in [0.4, 0.5) is 0 Å². The first-order chi connectivity index (χ1) is 13.5. The van der Waals surface area contributed by atoms with Gasteiger partial charge in [0.2, 0.25) is 5.91 Å². The Bertz CT molecular complexity index is 903. The topological polar surface area (TPSA) is 77.9 Å². The fourth-order valence-corrected chi connectivity index (χ4v) is 3.66. The Kier molecular flexibility index (Phi) is 6.09. The molecule has 1 fully saturated rings. The number of rotatable bonds is 7. The van der Waals surface area contributed by atoms with Crippen molar-refractivity contribution in [3.05, 3.63) is 60.7 Å². The highest BCUT2D eigenvalue weighted by Gasteiger charge is 2.39. The average molecular weight is 380 g/mol. The first-order valence-electron chi connectivity index (χ1n) is 9.43. The standard InChI is InChI=1S/C22H24N2O4/c1-2-3-6-12-23-13-14-24(19(22(23)28)15-20(25)26)21(27)18-11-7-9-16-8-4-5-10-17(16)18/h2,4-5,7-11,19H,1,3,6,12-15H2,(H,25,26). The maximum atomic E-state index is 13.3. The highest BCUT2D eigenvalue weighted by Crippen LogP contribution is 2.24. The molecule has 1 N–H and O–H groups in total. The third-order valence-corrected chi connectivity index (χ3v) is 5.07. The molecule has 1 unspecified atom stereocenters. The largest absolute Gasteiger partial charge is 0.481 e. The Morgan fingerprint density at radius 2 is 1.89 bits per heavy atom. The first-order valence-corrected chi connectivity index (χ1v) is 9.43. The Labute approximate surface area is 164 Å². The van der Waals surface area contributed by atoms with E-state index in [1.807, 2.05) is 30.3 Å². The second-order valence-corrected chi connectivity index (χ2v) is 6.90. The summed E-state index contributed by atoms with van der Waals surface area (Å²) in [6, 6.07) is 12.0. The Balaban J connectivity index is 1.88. The summed E-state index contributed by atoms with van der Waals surface area (Å²) in [6.45, 7) is 4.94. The van der Waals surface area contributed by atoms with E-state index in [0.29, 0.717) is 25.2 Å². The van der Waals surface area contributed by atoms with Crippen molar-refractivity contribution in [2.45, 2.75) is 25.3 Å². The molecule has 2 amide bonds. The zero-order valence-electron chi connectivity index (χ0n) is 15.7. The lowest BCUT2D eigenvalue weighted by Crippen LogP contribution is -2.59. The van der Waals surface area contributed by atoms with Crippen LogP contribution in [0.2, 0.25) is 0 Å². The SMILES string of the molecule is C=CCCCN1CCN(C(=O)c2cccc3ccccc23)C(CC(=O)O)C1=O. The van der Waals surface area contributed by atoms with Crippen LogP contribution < -0.4 is 0 Å². The number of nitrogens with zero attached hydrogens (tertiary/aromatic N) is 2. The Morgan fingerprint density at radius 1 is 1.14 bits per heavy atom. The van der Waals surface area contributed by atoms with Crippen LogP contribution in [0.3, 0.4) is 0 Å². The maximum absolute atomic E-state index is 13.3. The van der Waals surface area contributed by atoms with Crippen LogP contribution in [0.25, 0.3) is 10.8 Å². The van der Waals surface area contributed by atoms with Gasteiger partial charge in [-0.2, -0.15) is 0 Å². The van der Waals surface area contributed by atoms with Crippen molar-refractivity contribution in [1.29, 1.82) is 0 Å². The van der Waals surface area contributed by atoms with E-state index in [4.69, 9.17) is 0 Å². The van der Waals surface area contributed by atoms with E-state index in [9.17, 15) is 19.5 Å². The van der Waals surface area contributed by atoms with E-state index in [1.165, 1.54) is 4.90 Å². The number of amides is 2. The van der Waals surface area contributed by atoms with Gasteiger partial charge >= 0.3 is 5.97 Å². The fraction of sp³-hybridized carbons (Fsp3) is 0.318. The molecule has 0 aliphatic carbocycles. The van der Waals surface area contributed by atoms with Crippen molar-refractivity contribution in [1.82, 2.24) is 9.80 Å². The van der Waals surface area contributed by atoms with Crippen molar-refractivity contribution in [3.8, 4) is 0 Å². The lowest BCUT2D eigenvalue weighted by Gasteiger charge is -2.40. The van der Waals surface area contributed by atoms with Crippen molar-refractivity contribution >= 4 is 28.6 Å². The minimum absolute atomic E-state index is 0.300. The summed E-state index contributed by atoms with van der Waals surface area (Å²) in [6.07, 6.45) is 2.95. The molecule has 1 heterocycles. The number of carboxylic acids is 1. The summed E-state index contributed by atoms with van der Waals surface area (Å²) >= 11 is 0. The number of carboxylic acid groups (broad SMARTS) is 1. The second-order valence-electron chi connectivity index (χ2n) is 6.90. The number of hydrogen-bond donors (Lipinski definition) is 1. The number of benzene rings is 2. The third kappa shape index (κ3) is 4.06. The monoisotopic (exact) mass is 380 g/mol. The number of hydrogen-bond acceptors (Lipinski definition) is 3. The molecule has 3 rings (SSSR count). The predicted molar refractivity (Wildman–Crippen MR) is 107 cm³/mol. The van der Waals surface area contributed by atoms with Crippen LogP contribution in [-0.4, -0.2) is 58.4 Å². The van der Waals surface area contributed by atoms with Gasteiger partial charge in [-0.3, -0.25) is 14.4 Å². The van der Waals surface area contributed by atoms with Crippen LogP contribution in [0, 0.1) is 0 Å². The minimum Gasteiger partial charge on any atom is -0.481 e. The molecule has 1 aliphatic rings. The van der Waals surface area contributed by atoms with Gasteiger partial charge in [0.1, 0.15) is 6.04 Å². The molecule has 0 saturated carbocycles. The number of carbonyl (C=O) groups is 3. The van der Waals surface area contributed by atoms with E-state index >= 15 is 0 Å². The van der Waals surface area contributed by atoms with Gasteiger partial charge in [0, 0.05) is 25.2 Å². The van der Waals surface area contributed by atoms with E-state index < -0.39 is 18.4 Å². The highest BCUT2D eigenvalue weighted by molar-refractivity contribution is 6.08. The fourth-order valence-electron chi connectivity index (χ4n) is 3.66. The van der Waals surface area contributed by atoms with Gasteiger partial charge in [0.25, 0.3) is 5.91 Å². The molecule has 2 aromatic carbocycles. The minimum atomic E-state index is -1.10. The first kappa shape index (κ1) is 19.6. The molecule has 0 bridgehead atoms. The van der Waals surface area contributed by atoms with Gasteiger partial charge in [-0.1, -0.05) is 42.5 Å². The van der Waals surface area contributed by atoms with E-state index in [2.05, 4.69) is 6.58 Å². The molecule has 2 aromatic rings. The Morgan fingerprint density at radius 3 is 2.64 bits per heavy atom. The second kappa shape index (κ2) is 8.69. The number of piperazine rings is 1. The van der Waals surface area contributed by atoms with E-state index in [0.717, 1.165) is 23.6 Å². The van der Waals surface area contributed by atoms with Crippen LogP contribution >= 0.6 is 0 Å². The van der Waals surface area contributed by atoms with Gasteiger partial charge in [-0.25, -0.2) is 0 Å². The van der Waals surface area contributed by atoms with Crippen LogP contribution in [0.5, 0.6) is 0 Å². The molecule has 1 aliphatic heterocycles. The molecule has 1 saturated heterocycles. The number of unbranched alkanes of at least 4 members (excludes halogenated alkanes) is 1. The smallest absolute Gasteiger partial charge is 0.305 e. The molecule has 146 valence electrons. The Hall–Kier alpha value is -3.15. The van der Waals surface area contributed by atoms with Gasteiger partial charge in [0.05, 0.1) is 6.42 Å². The molecule has 0 radical (unpaired) electrons. The predicted octanol–water partition coefficient (Wildman–Crippen LogP) is 2.93. The summed E-state index contributed by atoms with van der Waals surface area (Å²) in [5.74, 6) is -1.70. The van der Waals surface area contributed by atoms with Crippen molar-refractivity contribution in [2.24, 2.45) is 0 Å². The van der Waals surface area contributed by atoms with Crippen LogP contribution in [-0.2, 0) is 9.59 Å². The zero-order valence-corrected chi connectivity index (χ0v) is 15.7. The van der Waals surface area contributed by atoms with Gasteiger partial charge < -0.3 is 14.9 Å². The van der Waals surface area contributed by atoms with Crippen LogP contribution in [0.15, 0.2) is 55.1 Å². The molecule has 1 atom stereocenters. The summed E-state index contributed by atoms with van der Waals surface area (Å²) < 4.78 is 0. The summed E-state index contributed by atoms with van der Waals surface area (Å²) in [5, 5.41) is 11.0. The molecule has 6 heteroatoms. The van der Waals surface area contributed by atoms with Crippen molar-refractivity contribution in [2.75, 3.05) is 19.6 Å².